The van der Waals surface area contributed by atoms with E-state index < -0.39 is 0 Å². The Morgan fingerprint density at radius 1 is 1.44 bits per heavy atom. The third kappa shape index (κ3) is 1.88. The number of fused-ring (bicyclic) bond motifs is 1. The van der Waals surface area contributed by atoms with Crippen molar-refractivity contribution in [3.8, 4) is 5.75 Å². The molecule has 2 rings (SSSR count). The Bertz CT molecular complexity index is 389. The van der Waals surface area contributed by atoms with Crippen LogP contribution >= 0.6 is 0 Å². The van der Waals surface area contributed by atoms with Gasteiger partial charge in [-0.25, -0.2) is 0 Å². The Morgan fingerprint density at radius 3 is 2.94 bits per heavy atom. The SMILES string of the molecule is COC(=O)C1Cc2c(cccc2OC)CN1. The van der Waals surface area contributed by atoms with E-state index in [0.29, 0.717) is 13.0 Å². The molecule has 1 unspecified atom stereocenters. The summed E-state index contributed by atoms with van der Waals surface area (Å²) in [6, 6.07) is 5.64. The van der Waals surface area contributed by atoms with Crippen molar-refractivity contribution < 1.29 is 14.3 Å². The van der Waals surface area contributed by atoms with Gasteiger partial charge in [0.25, 0.3) is 0 Å². The van der Waals surface area contributed by atoms with Crippen LogP contribution in [0, 0.1) is 0 Å². The molecule has 1 atom stereocenters. The summed E-state index contributed by atoms with van der Waals surface area (Å²) < 4.78 is 10.0. The third-order valence-electron chi connectivity index (χ3n) is 2.88. The molecule has 0 amide bonds. The molecule has 1 aliphatic heterocycles. The van der Waals surface area contributed by atoms with Crippen molar-refractivity contribution in [2.45, 2.75) is 19.0 Å². The summed E-state index contributed by atoms with van der Waals surface area (Å²) in [5.74, 6) is 0.615. The Hall–Kier alpha value is -1.55. The van der Waals surface area contributed by atoms with Crippen LogP contribution in [-0.2, 0) is 22.5 Å². The Balaban J connectivity index is 2.27. The lowest BCUT2D eigenvalue weighted by Crippen LogP contribution is -2.42. The number of hydrogen-bond donors (Lipinski definition) is 1. The zero-order chi connectivity index (χ0) is 11.5. The van der Waals surface area contributed by atoms with Gasteiger partial charge in [-0.1, -0.05) is 12.1 Å². The van der Waals surface area contributed by atoms with E-state index in [-0.39, 0.29) is 12.0 Å². The molecule has 0 saturated carbocycles. The minimum atomic E-state index is -0.270. The van der Waals surface area contributed by atoms with Crippen LogP contribution in [0.2, 0.25) is 0 Å². The van der Waals surface area contributed by atoms with E-state index in [1.165, 1.54) is 12.7 Å². The number of methoxy groups -OCH3 is 2. The predicted octanol–water partition coefficient (Wildman–Crippen LogP) is 0.882. The summed E-state index contributed by atoms with van der Waals surface area (Å²) in [4.78, 5) is 11.5. The highest BCUT2D eigenvalue weighted by atomic mass is 16.5. The molecule has 1 heterocycles. The van der Waals surface area contributed by atoms with Gasteiger partial charge in [0.2, 0.25) is 0 Å². The van der Waals surface area contributed by atoms with E-state index in [0.717, 1.165) is 11.3 Å². The molecule has 1 aromatic carbocycles. The number of benzene rings is 1. The first kappa shape index (κ1) is 11.0. The van der Waals surface area contributed by atoms with Gasteiger partial charge in [0.1, 0.15) is 11.8 Å². The number of hydrogen-bond acceptors (Lipinski definition) is 4. The highest BCUT2D eigenvalue weighted by Gasteiger charge is 2.26. The standard InChI is InChI=1S/C12H15NO3/c1-15-11-5-3-4-8-7-13-10(6-9(8)11)12(14)16-2/h3-5,10,13H,6-7H2,1-2H3. The maximum atomic E-state index is 11.5. The number of rotatable bonds is 2. The van der Waals surface area contributed by atoms with Crippen LogP contribution in [0.5, 0.6) is 5.75 Å². The number of nitrogens with one attached hydrogen (secondary N) is 1. The van der Waals surface area contributed by atoms with E-state index >= 15 is 0 Å². The van der Waals surface area contributed by atoms with Crippen molar-refractivity contribution in [3.05, 3.63) is 29.3 Å². The normalized spacial score (nSPS) is 18.8. The van der Waals surface area contributed by atoms with E-state index in [9.17, 15) is 4.79 Å². The maximum absolute atomic E-state index is 11.5. The first-order valence-corrected chi connectivity index (χ1v) is 5.22. The van der Waals surface area contributed by atoms with Crippen molar-refractivity contribution in [1.29, 1.82) is 0 Å². The van der Waals surface area contributed by atoms with Crippen LogP contribution in [0.4, 0.5) is 0 Å². The minimum Gasteiger partial charge on any atom is -0.496 e. The summed E-state index contributed by atoms with van der Waals surface area (Å²) in [6.07, 6.45) is 0.617. The quantitative estimate of drug-likeness (QED) is 0.753. The summed E-state index contributed by atoms with van der Waals surface area (Å²) in [5, 5.41) is 3.15. The van der Waals surface area contributed by atoms with Crippen LogP contribution < -0.4 is 10.1 Å². The zero-order valence-corrected chi connectivity index (χ0v) is 9.45. The fourth-order valence-corrected chi connectivity index (χ4v) is 2.02. The molecule has 1 aromatic rings. The number of esters is 1. The fourth-order valence-electron chi connectivity index (χ4n) is 2.02. The van der Waals surface area contributed by atoms with Gasteiger partial charge in [-0.05, 0) is 11.6 Å². The molecule has 0 fully saturated rings. The fraction of sp³-hybridized carbons (Fsp3) is 0.417. The van der Waals surface area contributed by atoms with Gasteiger partial charge < -0.3 is 14.8 Å². The Kier molecular flexibility index (Phi) is 3.10. The first-order chi connectivity index (χ1) is 7.76. The average molecular weight is 221 g/mol. The average Bonchev–Trinajstić information content (AvgIpc) is 2.36. The van der Waals surface area contributed by atoms with Gasteiger partial charge in [-0.3, -0.25) is 4.79 Å². The molecule has 86 valence electrons. The summed E-state index contributed by atoms with van der Waals surface area (Å²) in [5.41, 5.74) is 2.28. The van der Waals surface area contributed by atoms with E-state index in [2.05, 4.69) is 5.32 Å². The maximum Gasteiger partial charge on any atom is 0.323 e. The second-order valence-corrected chi connectivity index (χ2v) is 3.76. The monoisotopic (exact) mass is 221 g/mol. The lowest BCUT2D eigenvalue weighted by molar-refractivity contribution is -0.143. The van der Waals surface area contributed by atoms with Crippen LogP contribution in [0.3, 0.4) is 0 Å². The molecule has 0 aromatic heterocycles. The van der Waals surface area contributed by atoms with Crippen molar-refractivity contribution >= 4 is 5.97 Å². The number of carbonyl (C=O) groups is 1. The number of carbonyl (C=O) groups excluding carboxylic acids is 1. The number of ether oxygens (including phenoxy) is 2. The molecule has 0 saturated heterocycles. The van der Waals surface area contributed by atoms with Crippen LogP contribution in [-0.4, -0.2) is 26.2 Å². The van der Waals surface area contributed by atoms with E-state index in [1.807, 2.05) is 18.2 Å². The van der Waals surface area contributed by atoms with E-state index in [4.69, 9.17) is 9.47 Å². The lowest BCUT2D eigenvalue weighted by Gasteiger charge is -2.25. The summed E-state index contributed by atoms with van der Waals surface area (Å²) in [7, 11) is 3.05. The highest BCUT2D eigenvalue weighted by molar-refractivity contribution is 5.76. The molecule has 0 aliphatic carbocycles. The molecule has 0 spiro atoms. The van der Waals surface area contributed by atoms with E-state index in [1.54, 1.807) is 7.11 Å². The largest absolute Gasteiger partial charge is 0.496 e. The second-order valence-electron chi connectivity index (χ2n) is 3.76. The summed E-state index contributed by atoms with van der Waals surface area (Å²) in [6.45, 7) is 0.673. The van der Waals surface area contributed by atoms with Crippen LogP contribution in [0.15, 0.2) is 18.2 Å². The minimum absolute atomic E-state index is 0.225. The molecule has 4 heteroatoms. The highest BCUT2D eigenvalue weighted by Crippen LogP contribution is 2.26. The van der Waals surface area contributed by atoms with Gasteiger partial charge in [0.15, 0.2) is 0 Å². The van der Waals surface area contributed by atoms with Crippen LogP contribution in [0.25, 0.3) is 0 Å². The summed E-state index contributed by atoms with van der Waals surface area (Å²) >= 11 is 0. The molecule has 0 radical (unpaired) electrons. The molecule has 1 N–H and O–H groups in total. The molecule has 0 bridgehead atoms. The molecular weight excluding hydrogens is 206 g/mol. The van der Waals surface area contributed by atoms with Crippen molar-refractivity contribution in [2.24, 2.45) is 0 Å². The van der Waals surface area contributed by atoms with Gasteiger partial charge in [-0.2, -0.15) is 0 Å². The van der Waals surface area contributed by atoms with Gasteiger partial charge in [-0.15, -0.1) is 0 Å². The van der Waals surface area contributed by atoms with Gasteiger partial charge >= 0.3 is 5.97 Å². The predicted molar refractivity (Wildman–Crippen MR) is 59.3 cm³/mol. The topological polar surface area (TPSA) is 47.6 Å². The second kappa shape index (κ2) is 4.53. The Labute approximate surface area is 94.6 Å². The van der Waals surface area contributed by atoms with Gasteiger partial charge in [0.05, 0.1) is 14.2 Å². The van der Waals surface area contributed by atoms with Crippen LogP contribution in [0.1, 0.15) is 11.1 Å². The van der Waals surface area contributed by atoms with Gasteiger partial charge in [0, 0.05) is 18.5 Å². The van der Waals surface area contributed by atoms with Crippen molar-refractivity contribution in [3.63, 3.8) is 0 Å². The molecule has 1 aliphatic rings. The first-order valence-electron chi connectivity index (χ1n) is 5.22. The third-order valence-corrected chi connectivity index (χ3v) is 2.88. The van der Waals surface area contributed by atoms with Crippen molar-refractivity contribution in [2.75, 3.05) is 14.2 Å². The lowest BCUT2D eigenvalue weighted by atomic mass is 9.95. The Morgan fingerprint density at radius 2 is 2.25 bits per heavy atom. The molecular formula is C12H15NO3. The molecule has 16 heavy (non-hydrogen) atoms. The molecule has 4 nitrogen and oxygen atoms in total. The van der Waals surface area contributed by atoms with Crippen molar-refractivity contribution in [1.82, 2.24) is 5.32 Å². The smallest absolute Gasteiger partial charge is 0.323 e. The zero-order valence-electron chi connectivity index (χ0n) is 9.45.